The van der Waals surface area contributed by atoms with Crippen LogP contribution in [-0.2, 0) is 6.42 Å². The second kappa shape index (κ2) is 6.48. The minimum atomic E-state index is -0.197. The molecule has 0 fully saturated rings. The summed E-state index contributed by atoms with van der Waals surface area (Å²) in [5.41, 5.74) is 1.32. The highest BCUT2D eigenvalue weighted by molar-refractivity contribution is 6.34. The number of carbonyl (C=O) groups excluding carboxylic acids is 1. The van der Waals surface area contributed by atoms with Gasteiger partial charge in [-0.15, -0.1) is 0 Å². The van der Waals surface area contributed by atoms with Crippen molar-refractivity contribution in [2.75, 3.05) is 12.4 Å². The van der Waals surface area contributed by atoms with Gasteiger partial charge in [-0.25, -0.2) is 0 Å². The highest BCUT2D eigenvalue weighted by Crippen LogP contribution is 2.21. The molecule has 20 heavy (non-hydrogen) atoms. The molecule has 2 aromatic rings. The molecule has 106 valence electrons. The monoisotopic (exact) mass is 292 g/mol. The quantitative estimate of drug-likeness (QED) is 0.889. The number of benzene rings is 1. The van der Waals surface area contributed by atoms with E-state index in [0.29, 0.717) is 10.6 Å². The van der Waals surface area contributed by atoms with Crippen LogP contribution in [0.5, 0.6) is 0 Å². The molecule has 0 aliphatic rings. The van der Waals surface area contributed by atoms with E-state index in [1.165, 1.54) is 0 Å². The molecule has 1 atom stereocenters. The van der Waals surface area contributed by atoms with Crippen molar-refractivity contribution in [2.45, 2.75) is 19.4 Å². The maximum Gasteiger partial charge on any atom is 0.252 e. The number of rotatable bonds is 5. The molecule has 1 amide bonds. The van der Waals surface area contributed by atoms with Crippen LogP contribution >= 0.6 is 11.6 Å². The predicted octanol–water partition coefficient (Wildman–Crippen LogP) is 3.34. The number of carbonyl (C=O) groups is 1. The molecule has 1 heterocycles. The van der Waals surface area contributed by atoms with Gasteiger partial charge in [-0.2, -0.15) is 0 Å². The lowest BCUT2D eigenvalue weighted by Crippen LogP contribution is -2.20. The Labute approximate surface area is 123 Å². The van der Waals surface area contributed by atoms with Crippen molar-refractivity contribution in [1.82, 2.24) is 5.32 Å². The van der Waals surface area contributed by atoms with Crippen molar-refractivity contribution >= 4 is 23.2 Å². The zero-order chi connectivity index (χ0) is 14.5. The van der Waals surface area contributed by atoms with E-state index in [2.05, 4.69) is 17.6 Å². The lowest BCUT2D eigenvalue weighted by Gasteiger charge is -2.15. The molecule has 5 heteroatoms. The lowest BCUT2D eigenvalue weighted by molar-refractivity contribution is 0.0963. The molecule has 1 aromatic carbocycles. The summed E-state index contributed by atoms with van der Waals surface area (Å²) in [6, 6.07) is 9.31. The Kier molecular flexibility index (Phi) is 4.69. The van der Waals surface area contributed by atoms with Crippen LogP contribution in [0.3, 0.4) is 0 Å². The van der Waals surface area contributed by atoms with E-state index in [4.69, 9.17) is 16.0 Å². The van der Waals surface area contributed by atoms with Gasteiger partial charge in [-0.1, -0.05) is 11.6 Å². The maximum absolute atomic E-state index is 11.7. The van der Waals surface area contributed by atoms with Crippen molar-refractivity contribution < 1.29 is 9.21 Å². The fourth-order valence-electron chi connectivity index (χ4n) is 1.99. The summed E-state index contributed by atoms with van der Waals surface area (Å²) in [5.74, 6) is 0.725. The largest absolute Gasteiger partial charge is 0.469 e. The summed E-state index contributed by atoms with van der Waals surface area (Å²) >= 11 is 6.02. The van der Waals surface area contributed by atoms with Crippen LogP contribution < -0.4 is 10.6 Å². The standard InChI is InChI=1S/C15H17ClN2O2/c1-10(8-12-4-3-7-20-12)18-11-5-6-14(16)13(9-11)15(19)17-2/h3-7,9-10,18H,8H2,1-2H3,(H,17,19). The normalized spacial score (nSPS) is 11.9. The van der Waals surface area contributed by atoms with Gasteiger partial charge in [0.25, 0.3) is 5.91 Å². The van der Waals surface area contributed by atoms with Gasteiger partial charge in [0.2, 0.25) is 0 Å². The molecule has 2 N–H and O–H groups in total. The zero-order valence-electron chi connectivity index (χ0n) is 11.4. The van der Waals surface area contributed by atoms with Gasteiger partial charge in [0.15, 0.2) is 0 Å². The third-order valence-corrected chi connectivity index (χ3v) is 3.27. The third kappa shape index (κ3) is 3.54. The van der Waals surface area contributed by atoms with E-state index in [-0.39, 0.29) is 11.9 Å². The van der Waals surface area contributed by atoms with Crippen molar-refractivity contribution in [3.05, 3.63) is 52.9 Å². The summed E-state index contributed by atoms with van der Waals surface area (Å²) in [5, 5.41) is 6.34. The summed E-state index contributed by atoms with van der Waals surface area (Å²) in [7, 11) is 1.58. The molecule has 0 radical (unpaired) electrons. The van der Waals surface area contributed by atoms with Gasteiger partial charge in [-0.05, 0) is 37.3 Å². The van der Waals surface area contributed by atoms with Gasteiger partial charge in [-0.3, -0.25) is 4.79 Å². The fourth-order valence-corrected chi connectivity index (χ4v) is 2.19. The second-order valence-corrected chi connectivity index (χ2v) is 5.01. The molecule has 1 aromatic heterocycles. The van der Waals surface area contributed by atoms with Crippen LogP contribution in [-0.4, -0.2) is 19.0 Å². The van der Waals surface area contributed by atoms with Gasteiger partial charge in [0, 0.05) is 25.2 Å². The lowest BCUT2D eigenvalue weighted by atomic mass is 10.1. The predicted molar refractivity (Wildman–Crippen MR) is 80.3 cm³/mol. The molecule has 0 spiro atoms. The first-order chi connectivity index (χ1) is 9.60. The number of halogens is 1. The molecule has 0 bridgehead atoms. The summed E-state index contributed by atoms with van der Waals surface area (Å²) in [4.78, 5) is 11.7. The molecule has 0 aliphatic carbocycles. The zero-order valence-corrected chi connectivity index (χ0v) is 12.2. The Bertz CT molecular complexity index is 582. The van der Waals surface area contributed by atoms with E-state index in [1.54, 1.807) is 25.4 Å². The SMILES string of the molecule is CNC(=O)c1cc(NC(C)Cc2ccco2)ccc1Cl. The van der Waals surface area contributed by atoms with E-state index in [0.717, 1.165) is 17.9 Å². The minimum Gasteiger partial charge on any atom is -0.469 e. The minimum absolute atomic E-state index is 0.180. The van der Waals surface area contributed by atoms with E-state index in [1.807, 2.05) is 18.2 Å². The van der Waals surface area contributed by atoms with Crippen molar-refractivity contribution in [3.63, 3.8) is 0 Å². The van der Waals surface area contributed by atoms with Crippen LogP contribution in [0.15, 0.2) is 41.0 Å². The average Bonchev–Trinajstić information content (AvgIpc) is 2.92. The van der Waals surface area contributed by atoms with Gasteiger partial charge in [0.05, 0.1) is 16.8 Å². The average molecular weight is 293 g/mol. The number of nitrogens with one attached hydrogen (secondary N) is 2. The third-order valence-electron chi connectivity index (χ3n) is 2.94. The van der Waals surface area contributed by atoms with Crippen molar-refractivity contribution in [3.8, 4) is 0 Å². The topological polar surface area (TPSA) is 54.3 Å². The molecule has 0 aliphatic heterocycles. The van der Waals surface area contributed by atoms with E-state index < -0.39 is 0 Å². The smallest absolute Gasteiger partial charge is 0.252 e. The number of hydrogen-bond donors (Lipinski definition) is 2. The van der Waals surface area contributed by atoms with Crippen LogP contribution in [0, 0.1) is 0 Å². The van der Waals surface area contributed by atoms with Crippen LogP contribution in [0.4, 0.5) is 5.69 Å². The molecular formula is C15H17ClN2O2. The Hall–Kier alpha value is -1.94. The molecule has 0 saturated carbocycles. The molecule has 2 rings (SSSR count). The molecule has 1 unspecified atom stereocenters. The summed E-state index contributed by atoms with van der Waals surface area (Å²) in [6.45, 7) is 2.05. The number of hydrogen-bond acceptors (Lipinski definition) is 3. The fraction of sp³-hybridized carbons (Fsp3) is 0.267. The highest BCUT2D eigenvalue weighted by Gasteiger charge is 2.11. The van der Waals surface area contributed by atoms with Crippen LogP contribution in [0.2, 0.25) is 5.02 Å². The number of amides is 1. The summed E-state index contributed by atoms with van der Waals surface area (Å²) in [6.07, 6.45) is 2.43. The van der Waals surface area contributed by atoms with Gasteiger partial charge in [0.1, 0.15) is 5.76 Å². The van der Waals surface area contributed by atoms with Crippen LogP contribution in [0.1, 0.15) is 23.0 Å². The first-order valence-electron chi connectivity index (χ1n) is 6.40. The van der Waals surface area contributed by atoms with Crippen molar-refractivity contribution in [2.24, 2.45) is 0 Å². The van der Waals surface area contributed by atoms with Crippen molar-refractivity contribution in [1.29, 1.82) is 0 Å². The first kappa shape index (κ1) is 14.5. The van der Waals surface area contributed by atoms with Crippen LogP contribution in [0.25, 0.3) is 0 Å². The van der Waals surface area contributed by atoms with Gasteiger partial charge >= 0.3 is 0 Å². The van der Waals surface area contributed by atoms with E-state index >= 15 is 0 Å². The Morgan fingerprint density at radius 2 is 2.20 bits per heavy atom. The Morgan fingerprint density at radius 3 is 2.85 bits per heavy atom. The molecule has 0 saturated heterocycles. The molecule has 4 nitrogen and oxygen atoms in total. The van der Waals surface area contributed by atoms with Gasteiger partial charge < -0.3 is 15.1 Å². The second-order valence-electron chi connectivity index (χ2n) is 4.60. The molecular weight excluding hydrogens is 276 g/mol. The number of anilines is 1. The van der Waals surface area contributed by atoms with E-state index in [9.17, 15) is 4.79 Å². The number of furan rings is 1. The first-order valence-corrected chi connectivity index (χ1v) is 6.78. The Balaban J connectivity index is 2.07. The Morgan fingerprint density at radius 1 is 1.40 bits per heavy atom. The summed E-state index contributed by atoms with van der Waals surface area (Å²) < 4.78 is 5.32. The maximum atomic E-state index is 11.7. The highest BCUT2D eigenvalue weighted by atomic mass is 35.5.